The van der Waals surface area contributed by atoms with E-state index in [0.717, 1.165) is 0 Å². The molecule has 3 rings (SSSR count). The van der Waals surface area contributed by atoms with Gasteiger partial charge >= 0.3 is 0 Å². The van der Waals surface area contributed by atoms with E-state index in [9.17, 15) is 4.79 Å². The highest BCUT2D eigenvalue weighted by Gasteiger charge is 2.17. The second-order valence-electron chi connectivity index (χ2n) is 3.66. The van der Waals surface area contributed by atoms with Gasteiger partial charge in [0.1, 0.15) is 11.4 Å². The predicted octanol–water partition coefficient (Wildman–Crippen LogP) is 1.51. The molecule has 0 aliphatic carbocycles. The Morgan fingerprint density at radius 2 is 2.21 bits per heavy atom. The summed E-state index contributed by atoms with van der Waals surface area (Å²) in [5.74, 6) is 0.460. The first-order valence-corrected chi connectivity index (χ1v) is 5.51. The molecule has 0 radical (unpaired) electrons. The number of amides is 1. The minimum absolute atomic E-state index is 0.311. The van der Waals surface area contributed by atoms with Crippen LogP contribution in [0.1, 0.15) is 10.4 Å². The first-order chi connectivity index (χ1) is 9.34. The zero-order valence-electron chi connectivity index (χ0n) is 9.72. The number of pyridine rings is 1. The van der Waals surface area contributed by atoms with E-state index in [1.165, 1.54) is 17.1 Å². The lowest BCUT2D eigenvalue weighted by Crippen LogP contribution is -2.14. The summed E-state index contributed by atoms with van der Waals surface area (Å²) in [4.78, 5) is 16.1. The van der Waals surface area contributed by atoms with Crippen molar-refractivity contribution in [2.75, 3.05) is 5.32 Å². The van der Waals surface area contributed by atoms with Crippen LogP contribution in [0.15, 0.2) is 53.5 Å². The topological polar surface area (TPSA) is 85.8 Å². The highest BCUT2D eigenvalue weighted by molar-refractivity contribution is 6.05. The fourth-order valence-electron chi connectivity index (χ4n) is 1.59. The van der Waals surface area contributed by atoms with Crippen LogP contribution >= 0.6 is 0 Å². The highest BCUT2D eigenvalue weighted by atomic mass is 16.3. The Balaban J connectivity index is 1.87. The first-order valence-electron chi connectivity index (χ1n) is 5.51. The third-order valence-corrected chi connectivity index (χ3v) is 2.43. The second kappa shape index (κ2) is 4.73. The minimum atomic E-state index is -0.321. The van der Waals surface area contributed by atoms with Crippen LogP contribution in [-0.4, -0.2) is 25.9 Å². The van der Waals surface area contributed by atoms with Crippen molar-refractivity contribution in [2.45, 2.75) is 0 Å². The fourth-order valence-corrected chi connectivity index (χ4v) is 1.59. The third-order valence-electron chi connectivity index (χ3n) is 2.43. The lowest BCUT2D eigenvalue weighted by Gasteiger charge is -2.03. The largest absolute Gasteiger partial charge is 0.446 e. The average molecular weight is 255 g/mol. The van der Waals surface area contributed by atoms with Gasteiger partial charge in [-0.3, -0.25) is 4.79 Å². The van der Waals surface area contributed by atoms with Crippen LogP contribution in [0.25, 0.3) is 5.88 Å². The molecule has 7 heteroatoms. The molecule has 0 atom stereocenters. The number of furan rings is 1. The molecule has 3 aromatic heterocycles. The Bertz CT molecular complexity index is 675. The number of rotatable bonds is 3. The van der Waals surface area contributed by atoms with Gasteiger partial charge in [-0.25, -0.2) is 4.98 Å². The van der Waals surface area contributed by atoms with E-state index in [2.05, 4.69) is 20.6 Å². The van der Waals surface area contributed by atoms with E-state index in [0.29, 0.717) is 17.3 Å². The van der Waals surface area contributed by atoms with Crippen LogP contribution in [0.3, 0.4) is 0 Å². The smallest absolute Gasteiger partial charge is 0.262 e. The molecule has 0 aliphatic rings. The number of carbonyl (C=O) groups is 1. The zero-order valence-corrected chi connectivity index (χ0v) is 9.72. The molecule has 3 aromatic rings. The third kappa shape index (κ3) is 2.21. The van der Waals surface area contributed by atoms with E-state index in [1.807, 2.05) is 0 Å². The summed E-state index contributed by atoms with van der Waals surface area (Å²) in [7, 11) is 0. The Morgan fingerprint density at radius 1 is 1.26 bits per heavy atom. The van der Waals surface area contributed by atoms with Crippen molar-refractivity contribution in [3.8, 4) is 5.88 Å². The van der Waals surface area contributed by atoms with E-state index >= 15 is 0 Å². The first kappa shape index (κ1) is 11.1. The van der Waals surface area contributed by atoms with E-state index in [4.69, 9.17) is 4.42 Å². The normalized spacial score (nSPS) is 10.3. The highest BCUT2D eigenvalue weighted by Crippen LogP contribution is 2.16. The number of hydrogen-bond acceptors (Lipinski definition) is 5. The maximum absolute atomic E-state index is 12.1. The Hall–Kier alpha value is -2.96. The second-order valence-corrected chi connectivity index (χ2v) is 3.66. The van der Waals surface area contributed by atoms with Crippen LogP contribution in [-0.2, 0) is 0 Å². The van der Waals surface area contributed by atoms with Gasteiger partial charge < -0.3 is 9.73 Å². The van der Waals surface area contributed by atoms with Crippen molar-refractivity contribution in [3.05, 3.63) is 54.7 Å². The molecular formula is C12H9N5O2. The maximum atomic E-state index is 12.1. The minimum Gasteiger partial charge on any atom is -0.446 e. The molecule has 0 saturated carbocycles. The predicted molar refractivity (Wildman–Crippen MR) is 65.8 cm³/mol. The summed E-state index contributed by atoms with van der Waals surface area (Å²) in [6.07, 6.45) is 6.12. The van der Waals surface area contributed by atoms with Gasteiger partial charge in [-0.15, -0.1) is 5.10 Å². The quantitative estimate of drug-likeness (QED) is 0.766. The van der Waals surface area contributed by atoms with Gasteiger partial charge in [-0.05, 0) is 18.2 Å². The van der Waals surface area contributed by atoms with Gasteiger partial charge in [-0.2, -0.15) is 4.68 Å². The van der Waals surface area contributed by atoms with Crippen molar-refractivity contribution in [3.63, 3.8) is 0 Å². The zero-order chi connectivity index (χ0) is 13.1. The van der Waals surface area contributed by atoms with Crippen LogP contribution in [0.5, 0.6) is 0 Å². The van der Waals surface area contributed by atoms with Crippen molar-refractivity contribution < 1.29 is 9.21 Å². The van der Waals surface area contributed by atoms with Gasteiger partial charge in [0.2, 0.25) is 5.88 Å². The number of hydrogen-bond donors (Lipinski definition) is 1. The maximum Gasteiger partial charge on any atom is 0.262 e. The molecule has 0 aliphatic heterocycles. The molecule has 0 spiro atoms. The number of nitrogens with zero attached hydrogens (tertiary/aromatic N) is 4. The van der Waals surface area contributed by atoms with Crippen molar-refractivity contribution in [1.82, 2.24) is 20.0 Å². The molecule has 0 unspecified atom stereocenters. The van der Waals surface area contributed by atoms with Crippen molar-refractivity contribution in [2.24, 2.45) is 0 Å². The average Bonchev–Trinajstić information content (AvgIpc) is 3.10. The summed E-state index contributed by atoms with van der Waals surface area (Å²) in [6, 6.07) is 6.83. The van der Waals surface area contributed by atoms with Gasteiger partial charge in [0.25, 0.3) is 5.91 Å². The van der Waals surface area contributed by atoms with Crippen LogP contribution in [0, 0.1) is 0 Å². The Kier molecular flexibility index (Phi) is 2.77. The molecule has 0 aromatic carbocycles. The van der Waals surface area contributed by atoms with Gasteiger partial charge in [0, 0.05) is 6.20 Å². The molecule has 3 heterocycles. The summed E-state index contributed by atoms with van der Waals surface area (Å²) in [5.41, 5.74) is 0.358. The summed E-state index contributed by atoms with van der Waals surface area (Å²) in [6.45, 7) is 0. The van der Waals surface area contributed by atoms with E-state index < -0.39 is 0 Å². The van der Waals surface area contributed by atoms with Crippen LogP contribution in [0.2, 0.25) is 0 Å². The number of carbonyl (C=O) groups excluding carboxylic acids is 1. The molecule has 0 bridgehead atoms. The van der Waals surface area contributed by atoms with E-state index in [1.54, 1.807) is 36.7 Å². The Morgan fingerprint density at radius 3 is 2.95 bits per heavy atom. The lowest BCUT2D eigenvalue weighted by molar-refractivity contribution is 0.102. The standard InChI is InChI=1S/C12H9N5O2/c18-11(15-10-3-1-2-5-13-10)9-4-8-19-12(9)17-7-6-14-16-17/h1-8H,(H,13,15,18). The molecule has 0 saturated heterocycles. The van der Waals surface area contributed by atoms with Gasteiger partial charge in [-0.1, -0.05) is 11.3 Å². The number of aromatic nitrogens is 4. The van der Waals surface area contributed by atoms with Gasteiger partial charge in [0.15, 0.2) is 0 Å². The Labute approximate surface area is 107 Å². The van der Waals surface area contributed by atoms with E-state index in [-0.39, 0.29) is 5.91 Å². The molecule has 7 nitrogen and oxygen atoms in total. The molecule has 1 amide bonds. The van der Waals surface area contributed by atoms with Crippen LogP contribution < -0.4 is 5.32 Å². The molecule has 19 heavy (non-hydrogen) atoms. The summed E-state index contributed by atoms with van der Waals surface area (Å²) in [5, 5.41) is 10.1. The monoisotopic (exact) mass is 255 g/mol. The number of nitrogens with one attached hydrogen (secondary N) is 1. The lowest BCUT2D eigenvalue weighted by atomic mass is 10.3. The summed E-state index contributed by atoms with van der Waals surface area (Å²) < 4.78 is 6.63. The van der Waals surface area contributed by atoms with Gasteiger partial charge in [0.05, 0.1) is 18.7 Å². The molecule has 0 fully saturated rings. The fraction of sp³-hybridized carbons (Fsp3) is 0. The SMILES string of the molecule is O=C(Nc1ccccn1)c1ccoc1-n1ccnn1. The molecule has 94 valence electrons. The summed E-state index contributed by atoms with van der Waals surface area (Å²) >= 11 is 0. The molecular weight excluding hydrogens is 246 g/mol. The number of anilines is 1. The van der Waals surface area contributed by atoms with Crippen molar-refractivity contribution >= 4 is 11.7 Å². The van der Waals surface area contributed by atoms with Crippen LogP contribution in [0.4, 0.5) is 5.82 Å². The molecule has 1 N–H and O–H groups in total. The van der Waals surface area contributed by atoms with Crippen molar-refractivity contribution in [1.29, 1.82) is 0 Å².